The zero-order valence-corrected chi connectivity index (χ0v) is 17.4. The molecule has 0 heterocycles. The van der Waals surface area contributed by atoms with Gasteiger partial charge in [0.25, 0.3) is 0 Å². The molecule has 1 fully saturated rings. The summed E-state index contributed by atoms with van der Waals surface area (Å²) in [6.07, 6.45) is 3.18. The van der Waals surface area contributed by atoms with Crippen molar-refractivity contribution < 1.29 is 13.2 Å². The number of hydrogen-bond donors (Lipinski definition) is 2. The minimum atomic E-state index is -3.52. The standard InChI is InChI=1S/C21H25ClN2O3S/c1-16-4-10-19(11-5-16)28(26,27)24-15-3-14-23-20(25)21(12-2-13-21)17-6-8-18(22)9-7-17/h4-11,24H,2-3,12-15H2,1H3,(H,23,25). The zero-order chi connectivity index (χ0) is 20.2. The van der Waals surface area contributed by atoms with E-state index >= 15 is 0 Å². The molecule has 2 aromatic rings. The molecule has 0 unspecified atom stereocenters. The summed E-state index contributed by atoms with van der Waals surface area (Å²) >= 11 is 5.95. The topological polar surface area (TPSA) is 75.3 Å². The van der Waals surface area contributed by atoms with Gasteiger partial charge in [0.1, 0.15) is 0 Å². The van der Waals surface area contributed by atoms with E-state index in [1.807, 2.05) is 31.2 Å². The van der Waals surface area contributed by atoms with Crippen molar-refractivity contribution in [2.24, 2.45) is 0 Å². The van der Waals surface area contributed by atoms with Crippen LogP contribution in [0.15, 0.2) is 53.4 Å². The number of amides is 1. The fourth-order valence-electron chi connectivity index (χ4n) is 3.41. The zero-order valence-electron chi connectivity index (χ0n) is 15.9. The van der Waals surface area contributed by atoms with Crippen molar-refractivity contribution >= 4 is 27.5 Å². The first-order valence-corrected chi connectivity index (χ1v) is 11.3. The summed E-state index contributed by atoms with van der Waals surface area (Å²) in [6, 6.07) is 14.2. The maximum absolute atomic E-state index is 12.8. The molecule has 0 saturated heterocycles. The van der Waals surface area contributed by atoms with Gasteiger partial charge in [-0.1, -0.05) is 47.9 Å². The van der Waals surface area contributed by atoms with Crippen molar-refractivity contribution in [1.29, 1.82) is 0 Å². The summed E-state index contributed by atoms with van der Waals surface area (Å²) < 4.78 is 27.1. The molecule has 3 rings (SSSR count). The third-order valence-electron chi connectivity index (χ3n) is 5.30. The fourth-order valence-corrected chi connectivity index (χ4v) is 4.61. The number of nitrogens with one attached hydrogen (secondary N) is 2. The van der Waals surface area contributed by atoms with Gasteiger partial charge in [0, 0.05) is 18.1 Å². The molecule has 1 aliphatic carbocycles. The number of carbonyl (C=O) groups excluding carboxylic acids is 1. The van der Waals surface area contributed by atoms with E-state index in [2.05, 4.69) is 10.0 Å². The number of rotatable bonds is 8. The highest BCUT2D eigenvalue weighted by Gasteiger charge is 2.45. The average molecular weight is 421 g/mol. The van der Waals surface area contributed by atoms with Crippen molar-refractivity contribution in [3.05, 3.63) is 64.7 Å². The second kappa shape index (κ2) is 8.64. The number of sulfonamides is 1. The van der Waals surface area contributed by atoms with Crippen LogP contribution in [-0.2, 0) is 20.2 Å². The van der Waals surface area contributed by atoms with Gasteiger partial charge in [-0.05, 0) is 56.0 Å². The Balaban J connectivity index is 1.49. The third kappa shape index (κ3) is 4.57. The first-order valence-electron chi connectivity index (χ1n) is 9.44. The summed E-state index contributed by atoms with van der Waals surface area (Å²) in [6.45, 7) is 2.60. The first-order chi connectivity index (χ1) is 13.3. The SMILES string of the molecule is Cc1ccc(S(=O)(=O)NCCCNC(=O)C2(c3ccc(Cl)cc3)CCC2)cc1. The Hall–Kier alpha value is -1.89. The molecule has 2 aromatic carbocycles. The number of aryl methyl sites for hydroxylation is 1. The van der Waals surface area contributed by atoms with Crippen LogP contribution in [-0.4, -0.2) is 27.4 Å². The third-order valence-corrected chi connectivity index (χ3v) is 7.03. The van der Waals surface area contributed by atoms with E-state index in [9.17, 15) is 13.2 Å². The lowest BCUT2D eigenvalue weighted by Gasteiger charge is -2.40. The highest BCUT2D eigenvalue weighted by molar-refractivity contribution is 7.89. The lowest BCUT2D eigenvalue weighted by atomic mass is 9.64. The van der Waals surface area contributed by atoms with Gasteiger partial charge in [-0.3, -0.25) is 4.79 Å². The summed E-state index contributed by atoms with van der Waals surface area (Å²) in [5.74, 6) is 0.00228. The van der Waals surface area contributed by atoms with Crippen LogP contribution >= 0.6 is 11.6 Å². The van der Waals surface area contributed by atoms with Gasteiger partial charge in [0.2, 0.25) is 15.9 Å². The molecule has 0 spiro atoms. The van der Waals surface area contributed by atoms with Crippen molar-refractivity contribution in [2.75, 3.05) is 13.1 Å². The van der Waals surface area contributed by atoms with Crippen LogP contribution in [0.1, 0.15) is 36.8 Å². The number of benzene rings is 2. The normalized spacial score (nSPS) is 15.6. The van der Waals surface area contributed by atoms with E-state index in [1.165, 1.54) is 0 Å². The fraction of sp³-hybridized carbons (Fsp3) is 0.381. The minimum Gasteiger partial charge on any atom is -0.355 e. The first kappa shape index (κ1) is 20.8. The van der Waals surface area contributed by atoms with Gasteiger partial charge < -0.3 is 5.32 Å². The van der Waals surface area contributed by atoms with E-state index < -0.39 is 15.4 Å². The van der Waals surface area contributed by atoms with E-state index in [0.29, 0.717) is 18.0 Å². The lowest BCUT2D eigenvalue weighted by molar-refractivity contribution is -0.129. The Bertz CT molecular complexity index is 921. The van der Waals surface area contributed by atoms with Crippen LogP contribution in [0.4, 0.5) is 0 Å². The van der Waals surface area contributed by atoms with Crippen LogP contribution in [0.3, 0.4) is 0 Å². The second-order valence-corrected chi connectivity index (χ2v) is 9.47. The van der Waals surface area contributed by atoms with E-state index in [0.717, 1.165) is 30.4 Å². The Kier molecular flexibility index (Phi) is 6.43. The van der Waals surface area contributed by atoms with Gasteiger partial charge >= 0.3 is 0 Å². The lowest BCUT2D eigenvalue weighted by Crippen LogP contribution is -2.49. The Morgan fingerprint density at radius 2 is 1.68 bits per heavy atom. The van der Waals surface area contributed by atoms with Crippen LogP contribution in [0.5, 0.6) is 0 Å². The molecule has 2 N–H and O–H groups in total. The molecule has 0 radical (unpaired) electrons. The molecule has 0 aliphatic heterocycles. The number of hydrogen-bond acceptors (Lipinski definition) is 3. The molecule has 28 heavy (non-hydrogen) atoms. The smallest absolute Gasteiger partial charge is 0.240 e. The summed E-state index contributed by atoms with van der Waals surface area (Å²) in [7, 11) is -3.52. The largest absolute Gasteiger partial charge is 0.355 e. The van der Waals surface area contributed by atoms with E-state index in [-0.39, 0.29) is 17.3 Å². The van der Waals surface area contributed by atoms with Crippen LogP contribution in [0.25, 0.3) is 0 Å². The molecule has 150 valence electrons. The molecular formula is C21H25ClN2O3S. The monoisotopic (exact) mass is 420 g/mol. The van der Waals surface area contributed by atoms with Crippen molar-refractivity contribution in [1.82, 2.24) is 10.0 Å². The maximum Gasteiger partial charge on any atom is 0.240 e. The minimum absolute atomic E-state index is 0.00228. The molecule has 5 nitrogen and oxygen atoms in total. The molecule has 0 aromatic heterocycles. The van der Waals surface area contributed by atoms with E-state index in [1.54, 1.807) is 24.3 Å². The maximum atomic E-state index is 12.8. The Morgan fingerprint density at radius 1 is 1.04 bits per heavy atom. The number of carbonyl (C=O) groups is 1. The molecule has 0 bridgehead atoms. The van der Waals surface area contributed by atoms with Gasteiger partial charge in [0.15, 0.2) is 0 Å². The predicted octanol–water partition coefficient (Wildman–Crippen LogP) is 3.55. The van der Waals surface area contributed by atoms with E-state index in [4.69, 9.17) is 11.6 Å². The molecule has 1 aliphatic rings. The summed E-state index contributed by atoms with van der Waals surface area (Å²) in [5, 5.41) is 3.62. The van der Waals surface area contributed by atoms with Crippen molar-refractivity contribution in [3.8, 4) is 0 Å². The summed E-state index contributed by atoms with van der Waals surface area (Å²) in [4.78, 5) is 13.0. The van der Waals surface area contributed by atoms with Crippen LogP contribution < -0.4 is 10.0 Å². The van der Waals surface area contributed by atoms with Crippen molar-refractivity contribution in [2.45, 2.75) is 42.9 Å². The van der Waals surface area contributed by atoms with Gasteiger partial charge in [-0.15, -0.1) is 0 Å². The van der Waals surface area contributed by atoms with Gasteiger partial charge in [0.05, 0.1) is 10.3 Å². The average Bonchev–Trinajstić information content (AvgIpc) is 2.62. The van der Waals surface area contributed by atoms with Gasteiger partial charge in [-0.25, -0.2) is 13.1 Å². The molecule has 1 amide bonds. The molecule has 7 heteroatoms. The van der Waals surface area contributed by atoms with Crippen LogP contribution in [0, 0.1) is 6.92 Å². The Morgan fingerprint density at radius 3 is 2.25 bits per heavy atom. The van der Waals surface area contributed by atoms with Crippen molar-refractivity contribution in [3.63, 3.8) is 0 Å². The molecule has 1 saturated carbocycles. The number of halogens is 1. The van der Waals surface area contributed by atoms with Crippen LogP contribution in [0.2, 0.25) is 5.02 Å². The summed E-state index contributed by atoms with van der Waals surface area (Å²) in [5.41, 5.74) is 1.51. The quantitative estimate of drug-likeness (QED) is 0.641. The Labute approximate surface area is 171 Å². The predicted molar refractivity (Wildman–Crippen MR) is 111 cm³/mol. The highest BCUT2D eigenvalue weighted by Crippen LogP contribution is 2.44. The molecule has 0 atom stereocenters. The molecular weight excluding hydrogens is 396 g/mol. The second-order valence-electron chi connectivity index (χ2n) is 7.26. The highest BCUT2D eigenvalue weighted by atomic mass is 35.5. The van der Waals surface area contributed by atoms with Gasteiger partial charge in [-0.2, -0.15) is 0 Å².